The molecular weight excluding hydrogens is 523 g/mol. The van der Waals surface area contributed by atoms with E-state index in [1.165, 1.54) is 17.0 Å². The van der Waals surface area contributed by atoms with Gasteiger partial charge in [-0.15, -0.1) is 0 Å². The van der Waals surface area contributed by atoms with E-state index in [1.54, 1.807) is 12.1 Å². The van der Waals surface area contributed by atoms with Crippen LogP contribution in [0, 0.1) is 11.2 Å². The summed E-state index contributed by atoms with van der Waals surface area (Å²) in [6, 6.07) is 5.64. The van der Waals surface area contributed by atoms with Crippen LogP contribution in [0.15, 0.2) is 36.4 Å². The van der Waals surface area contributed by atoms with Crippen molar-refractivity contribution in [3.63, 3.8) is 0 Å². The number of aromatic nitrogens is 3. The van der Waals surface area contributed by atoms with Crippen molar-refractivity contribution in [2.75, 3.05) is 38.0 Å². The molecule has 3 aromatic rings. The van der Waals surface area contributed by atoms with E-state index in [0.717, 1.165) is 6.42 Å². The first-order valence-electron chi connectivity index (χ1n) is 11.6. The molecule has 0 bridgehead atoms. The van der Waals surface area contributed by atoms with E-state index >= 15 is 0 Å². The van der Waals surface area contributed by atoms with Crippen molar-refractivity contribution >= 4 is 17.5 Å². The predicted octanol–water partition coefficient (Wildman–Crippen LogP) is 4.15. The summed E-state index contributed by atoms with van der Waals surface area (Å²) >= 11 is 0. The van der Waals surface area contributed by atoms with Crippen LogP contribution in [-0.4, -0.2) is 63.2 Å². The quantitative estimate of drug-likeness (QED) is 0.471. The minimum Gasteiger partial charge on any atom is -0.368 e. The summed E-state index contributed by atoms with van der Waals surface area (Å²) in [7, 11) is 0. The Bertz CT molecular complexity index is 1350. The first-order valence-corrected chi connectivity index (χ1v) is 11.6. The highest BCUT2D eigenvalue weighted by molar-refractivity contribution is 5.73. The van der Waals surface area contributed by atoms with Gasteiger partial charge in [0.1, 0.15) is 11.6 Å². The Morgan fingerprint density at radius 3 is 2.29 bits per heavy atom. The van der Waals surface area contributed by atoms with E-state index in [1.807, 2.05) is 4.90 Å². The number of likely N-dealkylation sites (tertiary alicyclic amines) is 2. The molecule has 2 aliphatic rings. The Labute approximate surface area is 211 Å². The molecule has 15 heteroatoms. The van der Waals surface area contributed by atoms with Crippen LogP contribution in [0.25, 0.3) is 5.65 Å². The minimum atomic E-state index is -4.91. The summed E-state index contributed by atoms with van der Waals surface area (Å²) in [6.07, 6.45) is -9.05. The van der Waals surface area contributed by atoms with Crippen molar-refractivity contribution in [3.8, 4) is 0 Å². The Kier molecular flexibility index (Phi) is 6.16. The zero-order chi connectivity index (χ0) is 27.5. The number of benzene rings is 1. The normalized spacial score (nSPS) is 18.7. The molecule has 5 rings (SSSR count). The maximum Gasteiger partial charge on any atom is 0.435 e. The van der Waals surface area contributed by atoms with Gasteiger partial charge in [-0.2, -0.15) is 36.0 Å². The number of hydrogen-bond donors (Lipinski definition) is 2. The highest BCUT2D eigenvalue weighted by Gasteiger charge is 2.50. The average molecular weight is 545 g/mol. The fourth-order valence-corrected chi connectivity index (χ4v) is 5.14. The smallest absolute Gasteiger partial charge is 0.368 e. The molecule has 0 aliphatic carbocycles. The first kappa shape index (κ1) is 26.0. The third kappa shape index (κ3) is 4.93. The van der Waals surface area contributed by atoms with Gasteiger partial charge in [-0.25, -0.2) is 14.2 Å². The maximum absolute atomic E-state index is 13.6. The van der Waals surface area contributed by atoms with Crippen molar-refractivity contribution in [1.29, 1.82) is 0 Å². The summed E-state index contributed by atoms with van der Waals surface area (Å²) in [6.45, 7) is 2.03. The molecule has 2 aromatic heterocycles. The van der Waals surface area contributed by atoms with Gasteiger partial charge in [-0.1, -0.05) is 12.1 Å². The summed E-state index contributed by atoms with van der Waals surface area (Å²) in [5.41, 5.74) is 2.43. The lowest BCUT2D eigenvalue weighted by atomic mass is 9.79. The Morgan fingerprint density at radius 2 is 1.68 bits per heavy atom. The van der Waals surface area contributed by atoms with Gasteiger partial charge in [-0.3, -0.25) is 4.90 Å². The van der Waals surface area contributed by atoms with E-state index < -0.39 is 47.3 Å². The first-order chi connectivity index (χ1) is 17.7. The van der Waals surface area contributed by atoms with Gasteiger partial charge in [0.15, 0.2) is 17.0 Å². The SMILES string of the molecule is NC(=O)N1CC2(CCN([C@H](CNc3cc(C(F)(F)F)nc4cc(C(F)(F)F)nn34)c3ccc(F)cc3)C2)C1. The van der Waals surface area contributed by atoms with E-state index in [-0.39, 0.29) is 17.8 Å². The lowest BCUT2D eigenvalue weighted by Crippen LogP contribution is -2.61. The number of fused-ring (bicyclic) bond motifs is 1. The van der Waals surface area contributed by atoms with Gasteiger partial charge < -0.3 is 16.0 Å². The third-order valence-electron chi connectivity index (χ3n) is 7.01. The van der Waals surface area contributed by atoms with E-state index in [0.29, 0.717) is 48.4 Å². The lowest BCUT2D eigenvalue weighted by molar-refractivity contribution is -0.142. The number of carbonyl (C=O) groups excluding carboxylic acids is 1. The zero-order valence-electron chi connectivity index (χ0n) is 19.7. The van der Waals surface area contributed by atoms with Gasteiger partial charge in [0.2, 0.25) is 0 Å². The highest BCUT2D eigenvalue weighted by atomic mass is 19.4. The molecule has 1 spiro atoms. The summed E-state index contributed by atoms with van der Waals surface area (Å²) in [5, 5.41) is 6.24. The molecule has 2 saturated heterocycles. The number of carbonyl (C=O) groups is 1. The van der Waals surface area contributed by atoms with Gasteiger partial charge in [0, 0.05) is 43.7 Å². The Hall–Kier alpha value is -3.62. The number of nitrogens with one attached hydrogen (secondary N) is 1. The number of hydrogen-bond acceptors (Lipinski definition) is 5. The number of primary amides is 1. The van der Waals surface area contributed by atoms with Crippen molar-refractivity contribution in [1.82, 2.24) is 24.4 Å². The van der Waals surface area contributed by atoms with Gasteiger partial charge in [0.05, 0.1) is 6.04 Å². The van der Waals surface area contributed by atoms with Gasteiger partial charge in [0.25, 0.3) is 0 Å². The fourth-order valence-electron chi connectivity index (χ4n) is 5.14. The molecular formula is C23H22F7N7O. The van der Waals surface area contributed by atoms with Crippen LogP contribution >= 0.6 is 0 Å². The zero-order valence-corrected chi connectivity index (χ0v) is 19.7. The second-order valence-corrected chi connectivity index (χ2v) is 9.68. The third-order valence-corrected chi connectivity index (χ3v) is 7.01. The van der Waals surface area contributed by atoms with Crippen molar-refractivity contribution in [2.45, 2.75) is 24.8 Å². The van der Waals surface area contributed by atoms with Crippen molar-refractivity contribution in [3.05, 3.63) is 59.2 Å². The largest absolute Gasteiger partial charge is 0.435 e. The summed E-state index contributed by atoms with van der Waals surface area (Å²) in [5.74, 6) is -0.807. The molecule has 3 N–H and O–H groups in total. The highest BCUT2D eigenvalue weighted by Crippen LogP contribution is 2.42. The molecule has 0 radical (unpaired) electrons. The minimum absolute atomic E-state index is 0.0289. The monoisotopic (exact) mass is 545 g/mol. The van der Waals surface area contributed by atoms with Crippen LogP contribution < -0.4 is 11.1 Å². The maximum atomic E-state index is 13.6. The molecule has 2 amide bonds. The lowest BCUT2D eigenvalue weighted by Gasteiger charge is -2.47. The number of alkyl halides is 6. The molecule has 8 nitrogen and oxygen atoms in total. The summed E-state index contributed by atoms with van der Waals surface area (Å²) < 4.78 is 94.5. The standard InChI is InChI=1S/C23H22F7N7O/c24-14-3-1-13(2-4-14)15(35-6-5-21(10-35)11-36(12-21)20(31)38)9-32-18-7-16(22(25,26)27)33-19-8-17(23(28,29)30)34-37(18)19/h1-4,7-8,15,32H,5-6,9-12H2,(H2,31,38)/t15-/m1/s1. The molecule has 38 heavy (non-hydrogen) atoms. The number of nitrogens with two attached hydrogens (primary N) is 1. The number of urea groups is 1. The number of anilines is 1. The molecule has 204 valence electrons. The molecule has 1 atom stereocenters. The van der Waals surface area contributed by atoms with Crippen molar-refractivity contribution in [2.24, 2.45) is 11.1 Å². The molecule has 0 unspecified atom stereocenters. The molecule has 1 aromatic carbocycles. The number of nitrogens with zero attached hydrogens (tertiary/aromatic N) is 5. The van der Waals surface area contributed by atoms with Crippen LogP contribution in [0.2, 0.25) is 0 Å². The van der Waals surface area contributed by atoms with Crippen LogP contribution in [0.4, 0.5) is 41.3 Å². The number of rotatable bonds is 5. The van der Waals surface area contributed by atoms with E-state index in [4.69, 9.17) is 5.73 Å². The van der Waals surface area contributed by atoms with Crippen LogP contribution in [0.3, 0.4) is 0 Å². The van der Waals surface area contributed by atoms with Crippen LogP contribution in [0.5, 0.6) is 0 Å². The molecule has 0 saturated carbocycles. The van der Waals surface area contributed by atoms with Gasteiger partial charge in [-0.05, 0) is 30.7 Å². The van der Waals surface area contributed by atoms with Gasteiger partial charge >= 0.3 is 18.4 Å². The Morgan fingerprint density at radius 1 is 1.03 bits per heavy atom. The van der Waals surface area contributed by atoms with E-state index in [2.05, 4.69) is 15.4 Å². The van der Waals surface area contributed by atoms with Crippen LogP contribution in [0.1, 0.15) is 29.4 Å². The van der Waals surface area contributed by atoms with E-state index in [9.17, 15) is 35.5 Å². The van der Waals surface area contributed by atoms with Crippen LogP contribution in [-0.2, 0) is 12.4 Å². The second kappa shape index (κ2) is 8.99. The number of halogens is 7. The topological polar surface area (TPSA) is 91.8 Å². The number of amides is 2. The summed E-state index contributed by atoms with van der Waals surface area (Å²) in [4.78, 5) is 18.3. The molecule has 2 aliphatic heterocycles. The molecule has 4 heterocycles. The Balaban J connectivity index is 1.45. The second-order valence-electron chi connectivity index (χ2n) is 9.68. The average Bonchev–Trinajstić information content (AvgIpc) is 3.44. The predicted molar refractivity (Wildman–Crippen MR) is 120 cm³/mol. The fraction of sp³-hybridized carbons (Fsp3) is 0.435. The molecule has 2 fully saturated rings. The van der Waals surface area contributed by atoms with Crippen molar-refractivity contribution < 1.29 is 35.5 Å².